The summed E-state index contributed by atoms with van der Waals surface area (Å²) in [5.74, 6) is 0.248. The van der Waals surface area contributed by atoms with Crippen LogP contribution < -0.4 is 16.0 Å². The number of nitrogens with zero attached hydrogens (tertiary/aromatic N) is 2. The lowest BCUT2D eigenvalue weighted by atomic mass is 10.5. The molecule has 2 aromatic rings. The Balaban J connectivity index is 2.53. The third-order valence-corrected chi connectivity index (χ3v) is 1.65. The molecule has 1 amide bonds. The van der Waals surface area contributed by atoms with E-state index in [2.05, 4.69) is 25.3 Å². The Morgan fingerprint density at radius 1 is 1.64 bits per heavy atom. The number of carbonyl (C=O) groups is 1. The highest BCUT2D eigenvalue weighted by molar-refractivity contribution is 5.88. The van der Waals surface area contributed by atoms with Gasteiger partial charge in [0, 0.05) is 6.92 Å². The molecule has 72 valence electrons. The van der Waals surface area contributed by atoms with Crippen LogP contribution in [0.3, 0.4) is 0 Å². The van der Waals surface area contributed by atoms with E-state index in [0.717, 1.165) is 0 Å². The number of imidazole rings is 1. The van der Waals surface area contributed by atoms with Crippen molar-refractivity contribution in [1.82, 2.24) is 15.0 Å². The SMILES string of the molecule is CC(=O)Nc1nc(N)c2[nH]c[nH+]c2n1. The molecule has 0 aliphatic rings. The van der Waals surface area contributed by atoms with Crippen LogP contribution in [0.5, 0.6) is 0 Å². The van der Waals surface area contributed by atoms with Crippen LogP contribution in [-0.2, 0) is 4.79 Å². The predicted molar refractivity (Wildman–Crippen MR) is 49.2 cm³/mol. The van der Waals surface area contributed by atoms with E-state index in [9.17, 15) is 4.79 Å². The number of carbonyl (C=O) groups excluding carboxylic acids is 1. The summed E-state index contributed by atoms with van der Waals surface area (Å²) in [5.41, 5.74) is 6.80. The van der Waals surface area contributed by atoms with Crippen molar-refractivity contribution < 1.29 is 9.78 Å². The average molecular weight is 193 g/mol. The predicted octanol–water partition coefficient (Wildman–Crippen LogP) is -0.687. The Morgan fingerprint density at radius 3 is 3.14 bits per heavy atom. The van der Waals surface area contributed by atoms with Crippen molar-refractivity contribution >= 4 is 28.8 Å². The van der Waals surface area contributed by atoms with Crippen molar-refractivity contribution in [2.45, 2.75) is 6.92 Å². The van der Waals surface area contributed by atoms with Crippen molar-refractivity contribution in [2.75, 3.05) is 11.1 Å². The first-order valence-electron chi connectivity index (χ1n) is 3.96. The molecular weight excluding hydrogens is 184 g/mol. The number of fused-ring (bicyclic) bond motifs is 1. The number of nitrogens with two attached hydrogens (primary N) is 1. The summed E-state index contributed by atoms with van der Waals surface area (Å²) in [6.45, 7) is 1.38. The zero-order valence-corrected chi connectivity index (χ0v) is 7.46. The molecule has 0 saturated heterocycles. The van der Waals surface area contributed by atoms with Gasteiger partial charge in [0.05, 0.1) is 0 Å². The molecule has 7 heteroatoms. The fraction of sp³-hybridized carbons (Fsp3) is 0.143. The normalized spacial score (nSPS) is 10.4. The lowest BCUT2D eigenvalue weighted by molar-refractivity contribution is -0.347. The molecule has 0 aliphatic carbocycles. The number of anilines is 2. The van der Waals surface area contributed by atoms with Gasteiger partial charge >= 0.3 is 11.6 Å². The van der Waals surface area contributed by atoms with Crippen LogP contribution >= 0.6 is 0 Å². The van der Waals surface area contributed by atoms with Crippen molar-refractivity contribution in [3.8, 4) is 0 Å². The Labute approximate surface area is 78.8 Å². The van der Waals surface area contributed by atoms with Gasteiger partial charge in [-0.3, -0.25) is 15.1 Å². The number of amides is 1. The maximum Gasteiger partial charge on any atom is 0.309 e. The molecule has 0 aromatic carbocycles. The summed E-state index contributed by atoms with van der Waals surface area (Å²) in [7, 11) is 0. The molecule has 2 heterocycles. The molecular formula is C7H9N6O+. The Morgan fingerprint density at radius 2 is 2.43 bits per heavy atom. The summed E-state index contributed by atoms with van der Waals surface area (Å²) < 4.78 is 0. The van der Waals surface area contributed by atoms with Crippen LogP contribution in [0.2, 0.25) is 0 Å². The van der Waals surface area contributed by atoms with E-state index in [1.54, 1.807) is 6.33 Å². The first-order valence-corrected chi connectivity index (χ1v) is 3.96. The Bertz CT molecular complexity index is 490. The van der Waals surface area contributed by atoms with E-state index in [1.165, 1.54) is 6.92 Å². The topological polar surface area (TPSA) is 111 Å². The van der Waals surface area contributed by atoms with Gasteiger partial charge in [0.25, 0.3) is 0 Å². The van der Waals surface area contributed by atoms with Gasteiger partial charge in [-0.2, -0.15) is 4.98 Å². The summed E-state index contributed by atoms with van der Waals surface area (Å²) in [5, 5.41) is 2.45. The molecule has 2 aromatic heterocycles. The molecule has 0 atom stereocenters. The molecule has 0 spiro atoms. The third-order valence-electron chi connectivity index (χ3n) is 1.65. The third kappa shape index (κ3) is 1.35. The highest BCUT2D eigenvalue weighted by Crippen LogP contribution is 2.12. The van der Waals surface area contributed by atoms with Gasteiger partial charge in [-0.1, -0.05) is 4.98 Å². The van der Waals surface area contributed by atoms with E-state index in [-0.39, 0.29) is 11.9 Å². The summed E-state index contributed by atoms with van der Waals surface area (Å²) in [4.78, 5) is 24.4. The van der Waals surface area contributed by atoms with E-state index >= 15 is 0 Å². The number of aromatic amines is 2. The number of hydrogen-bond acceptors (Lipinski definition) is 4. The van der Waals surface area contributed by atoms with Crippen LogP contribution in [-0.4, -0.2) is 20.9 Å². The van der Waals surface area contributed by atoms with E-state index < -0.39 is 0 Å². The number of H-pyrrole nitrogens is 2. The van der Waals surface area contributed by atoms with Gasteiger partial charge in [0.2, 0.25) is 11.4 Å². The van der Waals surface area contributed by atoms with Gasteiger partial charge in [0.1, 0.15) is 0 Å². The number of nitrogen functional groups attached to an aromatic ring is 1. The summed E-state index contributed by atoms with van der Waals surface area (Å²) in [6.07, 6.45) is 1.59. The Hall–Kier alpha value is -2.18. The second-order valence-electron chi connectivity index (χ2n) is 2.77. The molecule has 7 nitrogen and oxygen atoms in total. The van der Waals surface area contributed by atoms with Gasteiger partial charge in [0.15, 0.2) is 12.1 Å². The summed E-state index contributed by atoms with van der Waals surface area (Å²) in [6, 6.07) is 0. The standard InChI is InChI=1S/C7H8N6O/c1-3(14)11-7-12-5(8)4-6(13-7)10-2-9-4/h2H,1H3,(H4,8,9,10,11,12,13,14)/p+1. The molecule has 0 saturated carbocycles. The molecule has 2 rings (SSSR count). The summed E-state index contributed by atoms with van der Waals surface area (Å²) >= 11 is 0. The smallest absolute Gasteiger partial charge is 0.309 e. The van der Waals surface area contributed by atoms with Gasteiger partial charge in [-0.25, -0.2) is 4.98 Å². The van der Waals surface area contributed by atoms with Crippen molar-refractivity contribution in [3.05, 3.63) is 6.33 Å². The Kier molecular flexibility index (Phi) is 1.77. The highest BCUT2D eigenvalue weighted by atomic mass is 16.1. The zero-order chi connectivity index (χ0) is 10.1. The van der Waals surface area contributed by atoms with Crippen LogP contribution in [0, 0.1) is 0 Å². The van der Waals surface area contributed by atoms with Crippen molar-refractivity contribution in [3.63, 3.8) is 0 Å². The van der Waals surface area contributed by atoms with E-state index in [4.69, 9.17) is 5.73 Å². The first-order chi connectivity index (χ1) is 6.66. The van der Waals surface area contributed by atoms with Gasteiger partial charge < -0.3 is 5.73 Å². The number of aromatic nitrogens is 4. The minimum absolute atomic E-state index is 0.193. The molecule has 14 heavy (non-hydrogen) atoms. The minimum atomic E-state index is -0.237. The van der Waals surface area contributed by atoms with E-state index in [1.807, 2.05) is 0 Å². The largest absolute Gasteiger partial charge is 0.380 e. The number of hydrogen-bond donors (Lipinski definition) is 3. The van der Waals surface area contributed by atoms with Crippen LogP contribution in [0.25, 0.3) is 11.2 Å². The fourth-order valence-electron chi connectivity index (χ4n) is 1.11. The maximum atomic E-state index is 10.7. The average Bonchev–Trinajstić information content (AvgIpc) is 2.50. The van der Waals surface area contributed by atoms with Crippen LogP contribution in [0.15, 0.2) is 6.33 Å². The minimum Gasteiger partial charge on any atom is -0.380 e. The second-order valence-corrected chi connectivity index (χ2v) is 2.77. The van der Waals surface area contributed by atoms with Gasteiger partial charge in [-0.15, -0.1) is 0 Å². The molecule has 0 bridgehead atoms. The van der Waals surface area contributed by atoms with Gasteiger partial charge in [-0.05, 0) is 0 Å². The number of rotatable bonds is 1. The van der Waals surface area contributed by atoms with Crippen molar-refractivity contribution in [1.29, 1.82) is 0 Å². The monoisotopic (exact) mass is 193 g/mol. The second kappa shape index (κ2) is 2.95. The quantitative estimate of drug-likeness (QED) is 0.556. The van der Waals surface area contributed by atoms with Crippen LogP contribution in [0.1, 0.15) is 6.92 Å². The molecule has 0 radical (unpaired) electrons. The van der Waals surface area contributed by atoms with Crippen molar-refractivity contribution in [2.24, 2.45) is 0 Å². The molecule has 0 aliphatic heterocycles. The highest BCUT2D eigenvalue weighted by Gasteiger charge is 2.13. The fourth-order valence-corrected chi connectivity index (χ4v) is 1.11. The molecule has 0 unspecified atom stereocenters. The zero-order valence-electron chi connectivity index (χ0n) is 7.46. The van der Waals surface area contributed by atoms with E-state index in [0.29, 0.717) is 17.0 Å². The lowest BCUT2D eigenvalue weighted by Crippen LogP contribution is -2.12. The van der Waals surface area contributed by atoms with Crippen LogP contribution in [0.4, 0.5) is 11.8 Å². The molecule has 0 fully saturated rings. The lowest BCUT2D eigenvalue weighted by Gasteiger charge is -1.96. The molecule has 5 N–H and O–H groups in total. The maximum absolute atomic E-state index is 10.7. The number of nitrogens with one attached hydrogen (secondary N) is 3. The first kappa shape index (κ1) is 8.42.